The molecule has 1 heterocycles. The predicted molar refractivity (Wildman–Crippen MR) is 110 cm³/mol. The zero-order chi connectivity index (χ0) is 19.4. The summed E-state index contributed by atoms with van der Waals surface area (Å²) < 4.78 is 0. The van der Waals surface area contributed by atoms with Crippen LogP contribution in [0.5, 0.6) is 0 Å². The minimum Gasteiger partial charge on any atom is -0.320 e. The van der Waals surface area contributed by atoms with Gasteiger partial charge in [0, 0.05) is 16.8 Å². The monoisotopic (exact) mass is 380 g/mol. The molecule has 0 atom stereocenters. The maximum Gasteiger partial charge on any atom is 0.325 e. The molecule has 3 amide bonds. The number of hydrogen-bond donors (Lipinski definition) is 3. The van der Waals surface area contributed by atoms with E-state index < -0.39 is 6.03 Å². The highest BCUT2D eigenvalue weighted by atomic mass is 32.1. The molecule has 0 aliphatic heterocycles. The number of amides is 3. The molecule has 0 aliphatic rings. The summed E-state index contributed by atoms with van der Waals surface area (Å²) in [6.45, 7) is 5.87. The van der Waals surface area contributed by atoms with Crippen molar-refractivity contribution in [3.63, 3.8) is 0 Å². The lowest BCUT2D eigenvalue weighted by Crippen LogP contribution is -2.19. The van der Waals surface area contributed by atoms with Crippen molar-refractivity contribution in [2.24, 2.45) is 0 Å². The molecule has 1 aromatic heterocycles. The molecule has 27 heavy (non-hydrogen) atoms. The summed E-state index contributed by atoms with van der Waals surface area (Å²) in [5.74, 6) is -0.313. The topological polar surface area (TPSA) is 83.1 Å². The smallest absolute Gasteiger partial charge is 0.320 e. The van der Waals surface area contributed by atoms with Gasteiger partial charge in [-0.2, -0.15) is 0 Å². The van der Waals surface area contributed by atoms with Gasteiger partial charge in [-0.25, -0.2) is 9.78 Å². The molecule has 7 heteroatoms. The van der Waals surface area contributed by atoms with Gasteiger partial charge in [0.1, 0.15) is 5.69 Å². The lowest BCUT2D eigenvalue weighted by Gasteiger charge is -2.08. The van der Waals surface area contributed by atoms with Crippen LogP contribution < -0.4 is 16.0 Å². The Hall–Kier alpha value is -3.19. The van der Waals surface area contributed by atoms with E-state index >= 15 is 0 Å². The number of thiazole rings is 1. The number of rotatable bonds is 4. The van der Waals surface area contributed by atoms with E-state index in [1.165, 1.54) is 11.3 Å². The van der Waals surface area contributed by atoms with Crippen LogP contribution in [-0.4, -0.2) is 16.9 Å². The Morgan fingerprint density at radius 1 is 0.889 bits per heavy atom. The average Bonchev–Trinajstić information content (AvgIpc) is 3.08. The largest absolute Gasteiger partial charge is 0.325 e. The van der Waals surface area contributed by atoms with Gasteiger partial charge in [-0.05, 0) is 50.1 Å². The van der Waals surface area contributed by atoms with Crippen LogP contribution in [0.3, 0.4) is 0 Å². The summed E-state index contributed by atoms with van der Waals surface area (Å²) in [6, 6.07) is 12.9. The average molecular weight is 380 g/mol. The Balaban J connectivity index is 1.62. The summed E-state index contributed by atoms with van der Waals surface area (Å²) in [7, 11) is 0. The van der Waals surface area contributed by atoms with E-state index in [2.05, 4.69) is 20.9 Å². The van der Waals surface area contributed by atoms with Crippen LogP contribution in [0.4, 0.5) is 21.3 Å². The Morgan fingerprint density at radius 2 is 1.59 bits per heavy atom. The maximum absolute atomic E-state index is 12.4. The van der Waals surface area contributed by atoms with Crippen molar-refractivity contribution < 1.29 is 9.59 Å². The molecule has 138 valence electrons. The van der Waals surface area contributed by atoms with Gasteiger partial charge in [0.15, 0.2) is 5.13 Å². The van der Waals surface area contributed by atoms with Gasteiger partial charge in [0.05, 0.1) is 0 Å². The number of anilines is 3. The Labute approximate surface area is 161 Å². The summed E-state index contributed by atoms with van der Waals surface area (Å²) in [5, 5.41) is 10.2. The van der Waals surface area contributed by atoms with Gasteiger partial charge in [-0.3, -0.25) is 10.1 Å². The van der Waals surface area contributed by atoms with E-state index in [0.29, 0.717) is 10.8 Å². The molecule has 0 radical (unpaired) electrons. The van der Waals surface area contributed by atoms with Gasteiger partial charge < -0.3 is 10.6 Å². The fourth-order valence-corrected chi connectivity index (χ4v) is 3.07. The van der Waals surface area contributed by atoms with Crippen molar-refractivity contribution in [2.75, 3.05) is 16.0 Å². The van der Waals surface area contributed by atoms with Gasteiger partial charge in [0.25, 0.3) is 5.91 Å². The van der Waals surface area contributed by atoms with Crippen LogP contribution in [-0.2, 0) is 0 Å². The zero-order valence-corrected chi connectivity index (χ0v) is 16.1. The van der Waals surface area contributed by atoms with Crippen molar-refractivity contribution in [1.29, 1.82) is 0 Å². The second kappa shape index (κ2) is 8.01. The SMILES string of the molecule is Cc1ccc(NC(=O)Nc2nc(C(=O)Nc3cc(C)ccc3C)cs2)cc1. The lowest BCUT2D eigenvalue weighted by molar-refractivity contribution is 0.102. The highest BCUT2D eigenvalue weighted by Gasteiger charge is 2.14. The number of aryl methyl sites for hydroxylation is 3. The van der Waals surface area contributed by atoms with Crippen LogP contribution in [0.15, 0.2) is 47.8 Å². The number of nitrogens with one attached hydrogen (secondary N) is 3. The van der Waals surface area contributed by atoms with E-state index in [9.17, 15) is 9.59 Å². The Kier molecular flexibility index (Phi) is 5.52. The normalized spacial score (nSPS) is 10.3. The summed E-state index contributed by atoms with van der Waals surface area (Å²) in [5.41, 5.74) is 4.83. The van der Waals surface area contributed by atoms with Crippen LogP contribution in [0.2, 0.25) is 0 Å². The fraction of sp³-hybridized carbons (Fsp3) is 0.150. The quantitative estimate of drug-likeness (QED) is 0.598. The number of carbonyl (C=O) groups is 2. The predicted octanol–water partition coefficient (Wildman–Crippen LogP) is 4.96. The summed E-state index contributed by atoms with van der Waals surface area (Å²) in [4.78, 5) is 28.7. The summed E-state index contributed by atoms with van der Waals surface area (Å²) >= 11 is 1.19. The van der Waals surface area contributed by atoms with Crippen LogP contribution >= 0.6 is 11.3 Å². The van der Waals surface area contributed by atoms with Crippen molar-refractivity contribution in [2.45, 2.75) is 20.8 Å². The molecule has 0 saturated heterocycles. The molecule has 0 fully saturated rings. The van der Waals surface area contributed by atoms with Gasteiger partial charge >= 0.3 is 6.03 Å². The van der Waals surface area contributed by atoms with Crippen molar-refractivity contribution >= 4 is 39.8 Å². The van der Waals surface area contributed by atoms with Gasteiger partial charge in [0.2, 0.25) is 0 Å². The second-order valence-corrected chi connectivity index (χ2v) is 7.11. The summed E-state index contributed by atoms with van der Waals surface area (Å²) in [6.07, 6.45) is 0. The van der Waals surface area contributed by atoms with Crippen LogP contribution in [0.25, 0.3) is 0 Å². The molecule has 0 spiro atoms. The first kappa shape index (κ1) is 18.6. The third kappa shape index (κ3) is 4.92. The fourth-order valence-electron chi connectivity index (χ4n) is 2.39. The first-order valence-corrected chi connectivity index (χ1v) is 9.27. The molecule has 6 nitrogen and oxygen atoms in total. The van der Waals surface area contributed by atoms with Crippen LogP contribution in [0.1, 0.15) is 27.2 Å². The molecule has 0 unspecified atom stereocenters. The van der Waals surface area contributed by atoms with Crippen molar-refractivity contribution in [3.05, 3.63) is 70.2 Å². The number of hydrogen-bond acceptors (Lipinski definition) is 4. The third-order valence-corrected chi connectivity index (χ3v) is 4.67. The number of carbonyl (C=O) groups excluding carboxylic acids is 2. The second-order valence-electron chi connectivity index (χ2n) is 6.26. The Morgan fingerprint density at radius 3 is 2.33 bits per heavy atom. The lowest BCUT2D eigenvalue weighted by atomic mass is 10.1. The van der Waals surface area contributed by atoms with E-state index in [4.69, 9.17) is 0 Å². The zero-order valence-electron chi connectivity index (χ0n) is 15.3. The molecular weight excluding hydrogens is 360 g/mol. The van der Waals surface area contributed by atoms with E-state index in [-0.39, 0.29) is 11.6 Å². The third-order valence-electron chi connectivity index (χ3n) is 3.91. The molecule has 0 saturated carbocycles. The van der Waals surface area contributed by atoms with E-state index in [0.717, 1.165) is 22.4 Å². The van der Waals surface area contributed by atoms with Crippen molar-refractivity contribution in [3.8, 4) is 0 Å². The van der Waals surface area contributed by atoms with Crippen LogP contribution in [0, 0.1) is 20.8 Å². The minimum absolute atomic E-state index is 0.256. The highest BCUT2D eigenvalue weighted by Crippen LogP contribution is 2.20. The van der Waals surface area contributed by atoms with Gasteiger partial charge in [-0.15, -0.1) is 11.3 Å². The first-order chi connectivity index (χ1) is 12.9. The standard InChI is InChI=1S/C20H20N4O2S/c1-12-5-8-15(9-6-12)21-19(26)24-20-23-17(11-27-20)18(25)22-16-10-13(2)4-7-14(16)3/h4-11H,1-3H3,(H,22,25)(H2,21,23,24,26). The molecule has 3 aromatic rings. The van der Waals surface area contributed by atoms with Crippen molar-refractivity contribution in [1.82, 2.24) is 4.98 Å². The maximum atomic E-state index is 12.4. The molecule has 3 N–H and O–H groups in total. The molecule has 2 aromatic carbocycles. The van der Waals surface area contributed by atoms with E-state index in [1.807, 2.05) is 63.2 Å². The number of aromatic nitrogens is 1. The number of benzene rings is 2. The van der Waals surface area contributed by atoms with Gasteiger partial charge in [-0.1, -0.05) is 29.8 Å². The Bertz CT molecular complexity index is 980. The highest BCUT2D eigenvalue weighted by molar-refractivity contribution is 7.14. The molecule has 0 bridgehead atoms. The molecule has 0 aliphatic carbocycles. The number of nitrogens with zero attached hydrogens (tertiary/aromatic N) is 1. The first-order valence-electron chi connectivity index (χ1n) is 8.39. The number of urea groups is 1. The minimum atomic E-state index is -0.408. The molecule has 3 rings (SSSR count). The molecular formula is C20H20N4O2S. The van der Waals surface area contributed by atoms with E-state index in [1.54, 1.807) is 5.38 Å².